The van der Waals surface area contributed by atoms with Crippen molar-refractivity contribution < 1.29 is 23.2 Å². The number of nitrogens with zero attached hydrogens (tertiary/aromatic N) is 2. The van der Waals surface area contributed by atoms with Gasteiger partial charge in [0.15, 0.2) is 5.75 Å². The van der Waals surface area contributed by atoms with E-state index in [4.69, 9.17) is 5.73 Å². The lowest BCUT2D eigenvalue weighted by molar-refractivity contribution is -0.386. The molecule has 1 aromatic heterocycles. The first-order chi connectivity index (χ1) is 7.90. The lowest BCUT2D eigenvalue weighted by Gasteiger charge is -2.09. The first-order valence-electron chi connectivity index (χ1n) is 4.19. The Hall–Kier alpha value is -2.32. The molecule has 0 atom stereocenters. The predicted molar refractivity (Wildman–Crippen MR) is 50.9 cm³/mol. The first-order valence-corrected chi connectivity index (χ1v) is 4.19. The zero-order chi connectivity index (χ0) is 13.2. The molecular weight excluding hydrogens is 240 g/mol. The molecule has 0 spiro atoms. The summed E-state index contributed by atoms with van der Waals surface area (Å²) in [4.78, 5) is 23.8. The maximum Gasteiger partial charge on any atom is 0.313 e. The van der Waals surface area contributed by atoms with Crippen LogP contribution in [0.3, 0.4) is 0 Å². The Morgan fingerprint density at radius 3 is 2.59 bits per heavy atom. The fraction of sp³-hybridized carbons (Fsp3) is 0.250. The minimum Gasteiger partial charge on any atom is -0.494 e. The fourth-order valence-corrected chi connectivity index (χ4v) is 1.24. The van der Waals surface area contributed by atoms with Crippen LogP contribution in [0.4, 0.5) is 14.5 Å². The third kappa shape index (κ3) is 2.27. The number of amides is 1. The van der Waals surface area contributed by atoms with Gasteiger partial charge in [-0.05, 0) is 0 Å². The lowest BCUT2D eigenvalue weighted by Crippen LogP contribution is -2.17. The highest BCUT2D eigenvalue weighted by Crippen LogP contribution is 2.37. The average Bonchev–Trinajstić information content (AvgIpc) is 2.26. The second kappa shape index (κ2) is 4.68. The van der Waals surface area contributed by atoms with Crippen LogP contribution >= 0.6 is 0 Å². The number of halogens is 2. The van der Waals surface area contributed by atoms with E-state index < -0.39 is 40.0 Å². The monoisotopic (exact) mass is 247 g/mol. The summed E-state index contributed by atoms with van der Waals surface area (Å²) in [5, 5.41) is 10.7. The Morgan fingerprint density at radius 1 is 1.65 bits per heavy atom. The molecule has 0 fully saturated rings. The van der Waals surface area contributed by atoms with Crippen molar-refractivity contribution in [1.29, 1.82) is 0 Å². The summed E-state index contributed by atoms with van der Waals surface area (Å²) in [5.74, 6) is -1.74. The summed E-state index contributed by atoms with van der Waals surface area (Å²) < 4.78 is 30.0. The van der Waals surface area contributed by atoms with Crippen molar-refractivity contribution >= 4 is 11.6 Å². The molecule has 17 heavy (non-hydrogen) atoms. The molecule has 92 valence electrons. The van der Waals surface area contributed by atoms with Crippen molar-refractivity contribution in [3.63, 3.8) is 0 Å². The third-order valence-corrected chi connectivity index (χ3v) is 1.91. The van der Waals surface area contributed by atoms with Crippen LogP contribution in [-0.2, 0) is 0 Å². The molecule has 0 saturated carbocycles. The fourth-order valence-electron chi connectivity index (χ4n) is 1.24. The molecule has 0 radical (unpaired) electrons. The number of carbonyl (C=O) groups is 1. The van der Waals surface area contributed by atoms with Gasteiger partial charge in [0.2, 0.25) is 5.69 Å². The number of nitro groups is 1. The lowest BCUT2D eigenvalue weighted by atomic mass is 10.1. The number of alkyl halides is 2. The smallest absolute Gasteiger partial charge is 0.313 e. The highest BCUT2D eigenvalue weighted by molar-refractivity contribution is 5.95. The van der Waals surface area contributed by atoms with Crippen molar-refractivity contribution in [1.82, 2.24) is 4.98 Å². The van der Waals surface area contributed by atoms with E-state index in [1.807, 2.05) is 0 Å². The van der Waals surface area contributed by atoms with Crippen LogP contribution < -0.4 is 10.5 Å². The molecule has 0 aromatic carbocycles. The van der Waals surface area contributed by atoms with Crippen LogP contribution in [0.15, 0.2) is 6.20 Å². The summed E-state index contributed by atoms with van der Waals surface area (Å²) in [5.41, 5.74) is 1.85. The summed E-state index contributed by atoms with van der Waals surface area (Å²) in [6, 6.07) is 0. The Morgan fingerprint density at radius 2 is 2.24 bits per heavy atom. The van der Waals surface area contributed by atoms with E-state index in [9.17, 15) is 23.7 Å². The maximum atomic E-state index is 12.7. The van der Waals surface area contributed by atoms with E-state index in [1.54, 1.807) is 0 Å². The quantitative estimate of drug-likeness (QED) is 0.631. The van der Waals surface area contributed by atoms with Crippen LogP contribution in [-0.4, -0.2) is 22.9 Å². The van der Waals surface area contributed by atoms with E-state index >= 15 is 0 Å². The van der Waals surface area contributed by atoms with Gasteiger partial charge in [0.25, 0.3) is 12.3 Å². The highest BCUT2D eigenvalue weighted by atomic mass is 19.3. The molecule has 7 nitrogen and oxygen atoms in total. The second-order valence-electron chi connectivity index (χ2n) is 2.86. The molecule has 0 aliphatic heterocycles. The minimum absolute atomic E-state index is 0.475. The van der Waals surface area contributed by atoms with Crippen molar-refractivity contribution in [2.45, 2.75) is 6.43 Å². The standard InChI is InChI=1S/C8H7F2N3O4/c1-17-3-2-12-5(8(11)14)6(13(15)16)4(3)7(9)10/h2,7H,1H3,(H2,11,14). The van der Waals surface area contributed by atoms with E-state index in [-0.39, 0.29) is 0 Å². The second-order valence-corrected chi connectivity index (χ2v) is 2.86. The number of primary amides is 1. The highest BCUT2D eigenvalue weighted by Gasteiger charge is 2.33. The van der Waals surface area contributed by atoms with Gasteiger partial charge in [-0.3, -0.25) is 14.9 Å². The Kier molecular flexibility index (Phi) is 3.51. The normalized spacial score (nSPS) is 10.4. The first kappa shape index (κ1) is 12.7. The zero-order valence-corrected chi connectivity index (χ0v) is 8.52. The Balaban J connectivity index is 3.65. The number of carbonyl (C=O) groups excluding carboxylic acids is 1. The van der Waals surface area contributed by atoms with Gasteiger partial charge in [-0.2, -0.15) is 0 Å². The summed E-state index contributed by atoms with van der Waals surface area (Å²) in [6.45, 7) is 0. The molecule has 1 aromatic rings. The van der Waals surface area contributed by atoms with E-state index in [1.165, 1.54) is 0 Å². The molecule has 0 aliphatic rings. The van der Waals surface area contributed by atoms with E-state index in [2.05, 4.69) is 9.72 Å². The number of rotatable bonds is 4. The minimum atomic E-state index is -3.19. The molecule has 0 aliphatic carbocycles. The van der Waals surface area contributed by atoms with Crippen LogP contribution in [0, 0.1) is 10.1 Å². The molecule has 2 N–H and O–H groups in total. The van der Waals surface area contributed by atoms with E-state index in [0.717, 1.165) is 13.3 Å². The molecule has 9 heteroatoms. The largest absolute Gasteiger partial charge is 0.494 e. The number of nitrogens with two attached hydrogens (primary N) is 1. The van der Waals surface area contributed by atoms with Crippen LogP contribution in [0.1, 0.15) is 22.5 Å². The van der Waals surface area contributed by atoms with Crippen molar-refractivity contribution in [3.8, 4) is 5.75 Å². The number of pyridine rings is 1. The molecule has 1 rings (SSSR count). The Bertz CT molecular complexity index is 478. The molecule has 0 unspecified atom stereocenters. The number of aromatic nitrogens is 1. The van der Waals surface area contributed by atoms with Crippen molar-refractivity contribution in [2.24, 2.45) is 5.73 Å². The SMILES string of the molecule is COc1cnc(C(N)=O)c([N+](=O)[O-])c1C(F)F. The van der Waals surface area contributed by atoms with E-state index in [0.29, 0.717) is 0 Å². The molecular formula is C8H7F2N3O4. The summed E-state index contributed by atoms with van der Waals surface area (Å²) >= 11 is 0. The van der Waals surface area contributed by atoms with Gasteiger partial charge in [0, 0.05) is 0 Å². The molecule has 0 bridgehead atoms. The van der Waals surface area contributed by atoms with Gasteiger partial charge >= 0.3 is 5.69 Å². The summed E-state index contributed by atoms with van der Waals surface area (Å²) in [6.07, 6.45) is -2.40. The number of hydrogen-bond acceptors (Lipinski definition) is 5. The molecule has 1 amide bonds. The van der Waals surface area contributed by atoms with Crippen LogP contribution in [0.25, 0.3) is 0 Å². The molecule has 0 saturated heterocycles. The van der Waals surface area contributed by atoms with Gasteiger partial charge in [-0.15, -0.1) is 0 Å². The Labute approximate surface area is 93.3 Å². The zero-order valence-electron chi connectivity index (χ0n) is 8.52. The van der Waals surface area contributed by atoms with Crippen molar-refractivity contribution in [3.05, 3.63) is 27.6 Å². The van der Waals surface area contributed by atoms with Gasteiger partial charge < -0.3 is 10.5 Å². The van der Waals surface area contributed by atoms with Gasteiger partial charge in [-0.1, -0.05) is 0 Å². The number of ether oxygens (including phenoxy) is 1. The van der Waals surface area contributed by atoms with Crippen LogP contribution in [0.5, 0.6) is 5.75 Å². The van der Waals surface area contributed by atoms with Gasteiger partial charge in [0.05, 0.1) is 18.2 Å². The molecule has 1 heterocycles. The predicted octanol–water partition coefficient (Wildman–Crippen LogP) is 1.03. The topological polar surface area (TPSA) is 108 Å². The third-order valence-electron chi connectivity index (χ3n) is 1.91. The van der Waals surface area contributed by atoms with Gasteiger partial charge in [-0.25, -0.2) is 13.8 Å². The average molecular weight is 247 g/mol. The summed E-state index contributed by atoms with van der Waals surface area (Å²) in [7, 11) is 1.05. The number of hydrogen-bond donors (Lipinski definition) is 1. The maximum absolute atomic E-state index is 12.7. The van der Waals surface area contributed by atoms with Crippen LogP contribution in [0.2, 0.25) is 0 Å². The van der Waals surface area contributed by atoms with Gasteiger partial charge in [0.1, 0.15) is 5.56 Å². The van der Waals surface area contributed by atoms with Crippen molar-refractivity contribution in [2.75, 3.05) is 7.11 Å². The number of methoxy groups -OCH3 is 1.